The highest BCUT2D eigenvalue weighted by molar-refractivity contribution is 5.36. The number of hydrogen-bond donors (Lipinski definition) is 1. The first kappa shape index (κ1) is 12.4. The van der Waals surface area contributed by atoms with E-state index in [1.165, 1.54) is 11.1 Å². The monoisotopic (exact) mass is 235 g/mol. The molecular weight excluding hydrogens is 214 g/mol. The predicted molar refractivity (Wildman–Crippen MR) is 68.4 cm³/mol. The average Bonchev–Trinajstić information content (AvgIpc) is 2.27. The molecule has 0 bridgehead atoms. The molecule has 0 radical (unpaired) electrons. The first-order chi connectivity index (χ1) is 8.22. The van der Waals surface area contributed by atoms with Crippen LogP contribution in [0.1, 0.15) is 24.0 Å². The Morgan fingerprint density at radius 3 is 2.65 bits per heavy atom. The first-order valence-corrected chi connectivity index (χ1v) is 6.12. The molecule has 1 saturated carbocycles. The number of nitrogens with one attached hydrogen (secondary N) is 1. The molecule has 0 heterocycles. The molecule has 0 unspecified atom stereocenters. The zero-order valence-electron chi connectivity index (χ0n) is 10.8. The SMILES string of the molecule is COc1ccc(CNC2CC(OC)C2)cc1C. The second-order valence-electron chi connectivity index (χ2n) is 4.71. The molecule has 1 N–H and O–H groups in total. The lowest BCUT2D eigenvalue weighted by molar-refractivity contribution is 0.0170. The lowest BCUT2D eigenvalue weighted by Crippen LogP contribution is -2.44. The molecule has 0 aromatic heterocycles. The van der Waals surface area contributed by atoms with Gasteiger partial charge >= 0.3 is 0 Å². The molecule has 0 amide bonds. The van der Waals surface area contributed by atoms with Crippen molar-refractivity contribution in [1.29, 1.82) is 0 Å². The zero-order valence-corrected chi connectivity index (χ0v) is 10.8. The minimum absolute atomic E-state index is 0.463. The third kappa shape index (κ3) is 2.99. The van der Waals surface area contributed by atoms with Gasteiger partial charge in [-0.05, 0) is 37.0 Å². The molecule has 94 valence electrons. The molecule has 1 fully saturated rings. The number of ether oxygens (including phenoxy) is 2. The van der Waals surface area contributed by atoms with Crippen molar-refractivity contribution in [2.45, 2.75) is 38.5 Å². The Morgan fingerprint density at radius 2 is 2.06 bits per heavy atom. The second kappa shape index (κ2) is 5.52. The molecule has 1 aromatic carbocycles. The molecule has 1 aliphatic carbocycles. The summed E-state index contributed by atoms with van der Waals surface area (Å²) in [4.78, 5) is 0. The number of methoxy groups -OCH3 is 2. The molecule has 0 atom stereocenters. The third-order valence-corrected chi connectivity index (χ3v) is 3.48. The van der Waals surface area contributed by atoms with Crippen LogP contribution in [0.3, 0.4) is 0 Å². The summed E-state index contributed by atoms with van der Waals surface area (Å²) in [6, 6.07) is 6.94. The van der Waals surface area contributed by atoms with E-state index in [-0.39, 0.29) is 0 Å². The Balaban J connectivity index is 1.81. The number of benzene rings is 1. The Morgan fingerprint density at radius 1 is 1.29 bits per heavy atom. The normalized spacial score (nSPS) is 23.2. The summed E-state index contributed by atoms with van der Waals surface area (Å²) in [7, 11) is 3.49. The topological polar surface area (TPSA) is 30.5 Å². The van der Waals surface area contributed by atoms with Crippen molar-refractivity contribution in [2.75, 3.05) is 14.2 Å². The zero-order chi connectivity index (χ0) is 12.3. The fourth-order valence-corrected chi connectivity index (χ4v) is 2.24. The summed E-state index contributed by atoms with van der Waals surface area (Å²) in [6.45, 7) is 3.00. The van der Waals surface area contributed by atoms with E-state index in [9.17, 15) is 0 Å². The van der Waals surface area contributed by atoms with Crippen LogP contribution in [0, 0.1) is 6.92 Å². The molecular formula is C14H21NO2. The van der Waals surface area contributed by atoms with E-state index in [4.69, 9.17) is 9.47 Å². The molecule has 3 nitrogen and oxygen atoms in total. The van der Waals surface area contributed by atoms with Crippen molar-refractivity contribution >= 4 is 0 Å². The van der Waals surface area contributed by atoms with E-state index in [0.717, 1.165) is 25.1 Å². The largest absolute Gasteiger partial charge is 0.496 e. The maximum atomic E-state index is 5.26. The van der Waals surface area contributed by atoms with Gasteiger partial charge in [-0.15, -0.1) is 0 Å². The Bertz CT molecular complexity index is 372. The molecule has 3 heteroatoms. The van der Waals surface area contributed by atoms with Crippen LogP contribution in [0.4, 0.5) is 0 Å². The maximum absolute atomic E-state index is 5.26. The molecule has 17 heavy (non-hydrogen) atoms. The van der Waals surface area contributed by atoms with E-state index >= 15 is 0 Å². The van der Waals surface area contributed by atoms with Gasteiger partial charge in [-0.2, -0.15) is 0 Å². The smallest absolute Gasteiger partial charge is 0.121 e. The van der Waals surface area contributed by atoms with Crippen molar-refractivity contribution in [1.82, 2.24) is 5.32 Å². The van der Waals surface area contributed by atoms with Gasteiger partial charge in [-0.25, -0.2) is 0 Å². The van der Waals surface area contributed by atoms with E-state index in [1.54, 1.807) is 14.2 Å². The van der Waals surface area contributed by atoms with Gasteiger partial charge in [0, 0.05) is 19.7 Å². The van der Waals surface area contributed by atoms with Crippen LogP contribution in [0.15, 0.2) is 18.2 Å². The highest BCUT2D eigenvalue weighted by atomic mass is 16.5. The van der Waals surface area contributed by atoms with Crippen LogP contribution >= 0.6 is 0 Å². The molecule has 0 spiro atoms. The van der Waals surface area contributed by atoms with Crippen LogP contribution in [0.2, 0.25) is 0 Å². The number of rotatable bonds is 5. The second-order valence-corrected chi connectivity index (χ2v) is 4.71. The summed E-state index contributed by atoms with van der Waals surface area (Å²) in [5, 5.41) is 3.54. The summed E-state index contributed by atoms with van der Waals surface area (Å²) in [5.41, 5.74) is 2.50. The van der Waals surface area contributed by atoms with Gasteiger partial charge in [0.05, 0.1) is 13.2 Å². The van der Waals surface area contributed by atoms with Gasteiger partial charge in [0.25, 0.3) is 0 Å². The summed E-state index contributed by atoms with van der Waals surface area (Å²) in [5.74, 6) is 0.955. The fourth-order valence-electron chi connectivity index (χ4n) is 2.24. The van der Waals surface area contributed by atoms with Crippen LogP contribution in [0.5, 0.6) is 5.75 Å². The first-order valence-electron chi connectivity index (χ1n) is 6.12. The molecule has 1 aromatic rings. The average molecular weight is 235 g/mol. The Hall–Kier alpha value is -1.06. The fraction of sp³-hybridized carbons (Fsp3) is 0.571. The highest BCUT2D eigenvalue weighted by Crippen LogP contribution is 2.23. The molecule has 0 aliphatic heterocycles. The number of hydrogen-bond acceptors (Lipinski definition) is 3. The Labute approximate surface area is 103 Å². The Kier molecular flexibility index (Phi) is 4.02. The standard InChI is InChI=1S/C14H21NO2/c1-10-6-11(4-5-14(10)17-3)9-15-12-7-13(8-12)16-2/h4-6,12-13,15H,7-9H2,1-3H3. The van der Waals surface area contributed by atoms with Crippen molar-refractivity contribution in [3.63, 3.8) is 0 Å². The van der Waals surface area contributed by atoms with Crippen molar-refractivity contribution in [3.8, 4) is 5.75 Å². The van der Waals surface area contributed by atoms with Crippen molar-refractivity contribution in [2.24, 2.45) is 0 Å². The summed E-state index contributed by atoms with van der Waals surface area (Å²) in [6.07, 6.45) is 2.72. The van der Waals surface area contributed by atoms with Crippen LogP contribution in [-0.2, 0) is 11.3 Å². The van der Waals surface area contributed by atoms with Crippen LogP contribution in [0.25, 0.3) is 0 Å². The van der Waals surface area contributed by atoms with E-state index in [2.05, 4.69) is 24.4 Å². The van der Waals surface area contributed by atoms with E-state index in [1.807, 2.05) is 6.07 Å². The molecule has 1 aliphatic rings. The van der Waals surface area contributed by atoms with Gasteiger partial charge in [-0.3, -0.25) is 0 Å². The van der Waals surface area contributed by atoms with Crippen molar-refractivity contribution in [3.05, 3.63) is 29.3 Å². The lowest BCUT2D eigenvalue weighted by atomic mass is 9.89. The number of aryl methyl sites for hydroxylation is 1. The summed E-state index contributed by atoms with van der Waals surface area (Å²) < 4.78 is 10.5. The lowest BCUT2D eigenvalue weighted by Gasteiger charge is -2.34. The van der Waals surface area contributed by atoms with Gasteiger partial charge < -0.3 is 14.8 Å². The minimum atomic E-state index is 0.463. The maximum Gasteiger partial charge on any atom is 0.121 e. The highest BCUT2D eigenvalue weighted by Gasteiger charge is 2.28. The van der Waals surface area contributed by atoms with Gasteiger partial charge in [0.15, 0.2) is 0 Å². The quantitative estimate of drug-likeness (QED) is 0.849. The van der Waals surface area contributed by atoms with Gasteiger partial charge in [0.1, 0.15) is 5.75 Å². The van der Waals surface area contributed by atoms with E-state index in [0.29, 0.717) is 12.1 Å². The minimum Gasteiger partial charge on any atom is -0.496 e. The summed E-state index contributed by atoms with van der Waals surface area (Å²) >= 11 is 0. The third-order valence-electron chi connectivity index (χ3n) is 3.48. The van der Waals surface area contributed by atoms with Crippen LogP contribution in [-0.4, -0.2) is 26.4 Å². The molecule has 0 saturated heterocycles. The van der Waals surface area contributed by atoms with Crippen molar-refractivity contribution < 1.29 is 9.47 Å². The predicted octanol–water partition coefficient (Wildman–Crippen LogP) is 2.27. The molecule has 2 rings (SSSR count). The van der Waals surface area contributed by atoms with Crippen LogP contribution < -0.4 is 10.1 Å². The van der Waals surface area contributed by atoms with Gasteiger partial charge in [-0.1, -0.05) is 12.1 Å². The van der Waals surface area contributed by atoms with E-state index < -0.39 is 0 Å². The van der Waals surface area contributed by atoms with Gasteiger partial charge in [0.2, 0.25) is 0 Å².